The third-order valence-corrected chi connectivity index (χ3v) is 6.69. The fourth-order valence-electron chi connectivity index (χ4n) is 3.11. The van der Waals surface area contributed by atoms with Crippen molar-refractivity contribution in [2.45, 2.75) is 37.2 Å². The molecule has 1 fully saturated rings. The lowest BCUT2D eigenvalue weighted by molar-refractivity contribution is -0.120. The van der Waals surface area contributed by atoms with Gasteiger partial charge in [-0.2, -0.15) is 0 Å². The van der Waals surface area contributed by atoms with E-state index in [1.807, 2.05) is 6.92 Å². The van der Waals surface area contributed by atoms with Gasteiger partial charge in [0.2, 0.25) is 5.91 Å². The van der Waals surface area contributed by atoms with Gasteiger partial charge in [0.15, 0.2) is 0 Å². The van der Waals surface area contributed by atoms with E-state index < -0.39 is 10.0 Å². The first-order chi connectivity index (χ1) is 13.4. The van der Waals surface area contributed by atoms with Crippen LogP contribution in [-0.4, -0.2) is 40.6 Å². The number of carbonyl (C=O) groups is 1. The molecule has 7 heteroatoms. The van der Waals surface area contributed by atoms with Crippen molar-refractivity contribution in [1.82, 2.24) is 5.32 Å². The zero-order valence-corrected chi connectivity index (χ0v) is 17.0. The first-order valence-corrected chi connectivity index (χ1v) is 10.8. The van der Waals surface area contributed by atoms with Crippen LogP contribution in [0.2, 0.25) is 0 Å². The summed E-state index contributed by atoms with van der Waals surface area (Å²) >= 11 is 0. The standard InChI is InChI=1S/C21H26N2O4S/c1-16-5-11-20(12-6-16)28(25,26)23(2)18-9-7-17(8-10-18)14-21(24)22-15-19-4-3-13-27-19/h5-12,19H,3-4,13-15H2,1-2H3,(H,22,24)/t19-/m0/s1. The minimum atomic E-state index is -3.62. The van der Waals surface area contributed by atoms with E-state index in [4.69, 9.17) is 4.74 Å². The number of anilines is 1. The van der Waals surface area contributed by atoms with Crippen LogP contribution in [0, 0.1) is 6.92 Å². The summed E-state index contributed by atoms with van der Waals surface area (Å²) in [6, 6.07) is 13.8. The number of sulfonamides is 1. The molecule has 1 amide bonds. The number of ether oxygens (including phenoxy) is 1. The molecule has 3 rings (SSSR count). The maximum atomic E-state index is 12.8. The molecule has 6 nitrogen and oxygen atoms in total. The highest BCUT2D eigenvalue weighted by molar-refractivity contribution is 7.92. The van der Waals surface area contributed by atoms with Gasteiger partial charge in [0.05, 0.1) is 23.1 Å². The van der Waals surface area contributed by atoms with Gasteiger partial charge in [-0.15, -0.1) is 0 Å². The lowest BCUT2D eigenvalue weighted by atomic mass is 10.1. The van der Waals surface area contributed by atoms with E-state index in [1.54, 1.807) is 48.5 Å². The van der Waals surface area contributed by atoms with Gasteiger partial charge in [0, 0.05) is 20.2 Å². The number of aryl methyl sites for hydroxylation is 1. The number of rotatable bonds is 7. The third-order valence-electron chi connectivity index (χ3n) is 4.89. The summed E-state index contributed by atoms with van der Waals surface area (Å²) < 4.78 is 32.3. The molecule has 0 aromatic heterocycles. The van der Waals surface area contributed by atoms with Gasteiger partial charge < -0.3 is 10.1 Å². The zero-order chi connectivity index (χ0) is 20.1. The van der Waals surface area contributed by atoms with E-state index in [0.29, 0.717) is 12.2 Å². The number of benzene rings is 2. The quantitative estimate of drug-likeness (QED) is 0.773. The monoisotopic (exact) mass is 402 g/mol. The van der Waals surface area contributed by atoms with Crippen molar-refractivity contribution in [2.24, 2.45) is 0 Å². The molecule has 0 saturated carbocycles. The molecule has 0 radical (unpaired) electrons. The average Bonchev–Trinajstić information content (AvgIpc) is 3.20. The Kier molecular flexibility index (Phi) is 6.36. The minimum Gasteiger partial charge on any atom is -0.376 e. The summed E-state index contributed by atoms with van der Waals surface area (Å²) in [4.78, 5) is 12.3. The van der Waals surface area contributed by atoms with Crippen LogP contribution in [0.5, 0.6) is 0 Å². The van der Waals surface area contributed by atoms with Crippen molar-refractivity contribution >= 4 is 21.6 Å². The predicted octanol–water partition coefficient (Wildman–Crippen LogP) is 2.66. The minimum absolute atomic E-state index is 0.0659. The Bertz CT molecular complexity index is 902. The molecule has 1 aliphatic heterocycles. The Labute approximate surface area is 166 Å². The van der Waals surface area contributed by atoms with Crippen LogP contribution in [0.25, 0.3) is 0 Å². The molecule has 0 spiro atoms. The first kappa shape index (κ1) is 20.4. The van der Waals surface area contributed by atoms with E-state index in [1.165, 1.54) is 11.4 Å². The molecule has 1 atom stereocenters. The Morgan fingerprint density at radius 2 is 1.82 bits per heavy atom. The fraction of sp³-hybridized carbons (Fsp3) is 0.381. The smallest absolute Gasteiger partial charge is 0.264 e. The second-order valence-electron chi connectivity index (χ2n) is 7.07. The van der Waals surface area contributed by atoms with Gasteiger partial charge in [0.1, 0.15) is 0 Å². The van der Waals surface area contributed by atoms with E-state index in [2.05, 4.69) is 5.32 Å². The number of nitrogens with one attached hydrogen (secondary N) is 1. The third kappa shape index (κ3) is 4.91. The van der Waals surface area contributed by atoms with Crippen molar-refractivity contribution in [3.8, 4) is 0 Å². The lowest BCUT2D eigenvalue weighted by Crippen LogP contribution is -2.32. The number of nitrogens with zero attached hydrogens (tertiary/aromatic N) is 1. The Morgan fingerprint density at radius 1 is 1.14 bits per heavy atom. The van der Waals surface area contributed by atoms with Crippen LogP contribution >= 0.6 is 0 Å². The van der Waals surface area contributed by atoms with Crippen molar-refractivity contribution in [3.05, 3.63) is 59.7 Å². The van der Waals surface area contributed by atoms with E-state index >= 15 is 0 Å². The van der Waals surface area contributed by atoms with E-state index in [9.17, 15) is 13.2 Å². The van der Waals surface area contributed by atoms with Gasteiger partial charge in [-0.1, -0.05) is 29.8 Å². The SMILES string of the molecule is Cc1ccc(S(=O)(=O)N(C)c2ccc(CC(=O)NC[C@@H]3CCCO3)cc2)cc1. The Morgan fingerprint density at radius 3 is 2.43 bits per heavy atom. The molecule has 1 heterocycles. The van der Waals surface area contributed by atoms with Crippen LogP contribution in [-0.2, 0) is 26.0 Å². The molecule has 2 aromatic rings. The number of amides is 1. The molecule has 150 valence electrons. The molecule has 0 unspecified atom stereocenters. The van der Waals surface area contributed by atoms with Gasteiger partial charge in [-0.05, 0) is 49.6 Å². The summed E-state index contributed by atoms with van der Waals surface area (Å²) in [7, 11) is -2.10. The topological polar surface area (TPSA) is 75.7 Å². The highest BCUT2D eigenvalue weighted by atomic mass is 32.2. The van der Waals surface area contributed by atoms with Crippen molar-refractivity contribution in [3.63, 3.8) is 0 Å². The molecule has 0 bridgehead atoms. The van der Waals surface area contributed by atoms with Crippen LogP contribution < -0.4 is 9.62 Å². The predicted molar refractivity (Wildman–Crippen MR) is 109 cm³/mol. The second-order valence-corrected chi connectivity index (χ2v) is 9.04. The second kappa shape index (κ2) is 8.75. The highest BCUT2D eigenvalue weighted by Gasteiger charge is 2.21. The van der Waals surface area contributed by atoms with Gasteiger partial charge in [-0.3, -0.25) is 9.10 Å². The van der Waals surface area contributed by atoms with Gasteiger partial charge >= 0.3 is 0 Å². The molecular weight excluding hydrogens is 376 g/mol. The molecule has 28 heavy (non-hydrogen) atoms. The Balaban J connectivity index is 1.61. The van der Waals surface area contributed by atoms with E-state index in [-0.39, 0.29) is 23.3 Å². The molecular formula is C21H26N2O4S. The van der Waals surface area contributed by atoms with E-state index in [0.717, 1.165) is 30.6 Å². The van der Waals surface area contributed by atoms with Crippen molar-refractivity contribution in [2.75, 3.05) is 24.5 Å². The summed E-state index contributed by atoms with van der Waals surface area (Å²) in [5.74, 6) is -0.0659. The molecule has 1 N–H and O–H groups in total. The Hall–Kier alpha value is -2.38. The summed E-state index contributed by atoms with van der Waals surface area (Å²) in [5, 5.41) is 2.89. The number of hydrogen-bond acceptors (Lipinski definition) is 4. The van der Waals surface area contributed by atoms with Gasteiger partial charge in [0.25, 0.3) is 10.0 Å². The van der Waals surface area contributed by atoms with Crippen LogP contribution in [0.1, 0.15) is 24.0 Å². The molecule has 1 saturated heterocycles. The first-order valence-electron chi connectivity index (χ1n) is 9.39. The van der Waals surface area contributed by atoms with Crippen LogP contribution in [0.15, 0.2) is 53.4 Å². The average molecular weight is 403 g/mol. The maximum Gasteiger partial charge on any atom is 0.264 e. The van der Waals surface area contributed by atoms with Crippen molar-refractivity contribution in [1.29, 1.82) is 0 Å². The summed E-state index contributed by atoms with van der Waals surface area (Å²) in [5.41, 5.74) is 2.38. The highest BCUT2D eigenvalue weighted by Crippen LogP contribution is 2.23. The van der Waals surface area contributed by atoms with Crippen LogP contribution in [0.4, 0.5) is 5.69 Å². The van der Waals surface area contributed by atoms with Gasteiger partial charge in [-0.25, -0.2) is 8.42 Å². The maximum absolute atomic E-state index is 12.8. The number of carbonyl (C=O) groups excluding carboxylic acids is 1. The summed E-state index contributed by atoms with van der Waals surface area (Å²) in [6.45, 7) is 3.21. The molecule has 0 aliphatic carbocycles. The molecule has 2 aromatic carbocycles. The molecule has 1 aliphatic rings. The normalized spacial score (nSPS) is 16.7. The van der Waals surface area contributed by atoms with Crippen molar-refractivity contribution < 1.29 is 17.9 Å². The largest absolute Gasteiger partial charge is 0.376 e. The fourth-order valence-corrected chi connectivity index (χ4v) is 4.31. The van der Waals surface area contributed by atoms with Crippen LogP contribution in [0.3, 0.4) is 0 Å². The zero-order valence-electron chi connectivity index (χ0n) is 16.2. The lowest BCUT2D eigenvalue weighted by Gasteiger charge is -2.20. The number of hydrogen-bond donors (Lipinski definition) is 1. The summed E-state index contributed by atoms with van der Waals surface area (Å²) in [6.07, 6.45) is 2.39.